The Morgan fingerprint density at radius 2 is 2.08 bits per heavy atom. The minimum atomic E-state index is -0.289. The number of thiophene rings is 1. The first kappa shape index (κ1) is 16.8. The number of hydrogen-bond acceptors (Lipinski definition) is 3. The first-order valence-corrected chi connectivity index (χ1v) is 9.05. The molecule has 0 radical (unpaired) electrons. The average molecular weight is 386 g/mol. The van der Waals surface area contributed by atoms with Crippen molar-refractivity contribution < 1.29 is 9.18 Å². The van der Waals surface area contributed by atoms with Gasteiger partial charge in [-0.2, -0.15) is 5.10 Å². The van der Waals surface area contributed by atoms with Crippen molar-refractivity contribution in [3.05, 3.63) is 82.2 Å². The van der Waals surface area contributed by atoms with Crippen molar-refractivity contribution in [1.82, 2.24) is 9.78 Å². The molecule has 0 aliphatic heterocycles. The second-order valence-corrected chi connectivity index (χ2v) is 7.18. The number of carbonyl (C=O) groups excluding carboxylic acids is 1. The van der Waals surface area contributed by atoms with Crippen LogP contribution in [0.15, 0.2) is 60.9 Å². The van der Waals surface area contributed by atoms with Crippen molar-refractivity contribution in [2.24, 2.45) is 0 Å². The fourth-order valence-electron chi connectivity index (χ4n) is 2.68. The Morgan fingerprint density at radius 1 is 1.23 bits per heavy atom. The van der Waals surface area contributed by atoms with Crippen LogP contribution in [0.3, 0.4) is 0 Å². The Labute approximate surface area is 157 Å². The molecule has 0 saturated carbocycles. The van der Waals surface area contributed by atoms with Crippen LogP contribution in [0.25, 0.3) is 10.1 Å². The van der Waals surface area contributed by atoms with Gasteiger partial charge in [0.25, 0.3) is 5.91 Å². The minimum absolute atomic E-state index is 0.276. The van der Waals surface area contributed by atoms with Crippen molar-refractivity contribution in [2.45, 2.75) is 6.54 Å². The van der Waals surface area contributed by atoms with Gasteiger partial charge in [0.15, 0.2) is 0 Å². The van der Waals surface area contributed by atoms with E-state index in [0.717, 1.165) is 15.6 Å². The smallest absolute Gasteiger partial charge is 0.267 e. The van der Waals surface area contributed by atoms with E-state index in [9.17, 15) is 9.18 Å². The molecule has 130 valence electrons. The van der Waals surface area contributed by atoms with Gasteiger partial charge in [-0.15, -0.1) is 11.3 Å². The van der Waals surface area contributed by atoms with Crippen LogP contribution in [0.4, 0.5) is 10.1 Å². The summed E-state index contributed by atoms with van der Waals surface area (Å²) in [5, 5.41) is 8.33. The predicted molar refractivity (Wildman–Crippen MR) is 103 cm³/mol. The summed E-state index contributed by atoms with van der Waals surface area (Å²) in [4.78, 5) is 13.0. The Morgan fingerprint density at radius 3 is 2.88 bits per heavy atom. The van der Waals surface area contributed by atoms with Crippen LogP contribution in [0.5, 0.6) is 0 Å². The zero-order valence-electron chi connectivity index (χ0n) is 13.4. The standard InChI is InChI=1S/C19H13ClFN3OS/c20-17-15-6-1-2-7-16(15)26-18(17)19(25)23-14-9-22-24(11-14)10-12-4-3-5-13(21)8-12/h1-9,11H,10H2,(H,23,25). The van der Waals surface area contributed by atoms with Crippen LogP contribution >= 0.6 is 22.9 Å². The molecule has 2 aromatic carbocycles. The molecule has 7 heteroatoms. The number of halogens is 2. The van der Waals surface area contributed by atoms with Gasteiger partial charge in [-0.1, -0.05) is 41.9 Å². The van der Waals surface area contributed by atoms with E-state index in [0.29, 0.717) is 22.1 Å². The first-order chi connectivity index (χ1) is 12.6. The summed E-state index contributed by atoms with van der Waals surface area (Å²) in [6, 6.07) is 13.9. The third kappa shape index (κ3) is 3.34. The molecule has 0 saturated heterocycles. The van der Waals surface area contributed by atoms with Crippen molar-refractivity contribution in [1.29, 1.82) is 0 Å². The van der Waals surface area contributed by atoms with E-state index in [1.54, 1.807) is 23.1 Å². The molecular formula is C19H13ClFN3OS. The van der Waals surface area contributed by atoms with Gasteiger partial charge in [0, 0.05) is 16.3 Å². The molecule has 1 amide bonds. The van der Waals surface area contributed by atoms with E-state index in [4.69, 9.17) is 11.6 Å². The maximum Gasteiger partial charge on any atom is 0.267 e. The summed E-state index contributed by atoms with van der Waals surface area (Å²) in [5.41, 5.74) is 1.35. The molecule has 4 rings (SSSR count). The van der Waals surface area contributed by atoms with Gasteiger partial charge in [-0.05, 0) is 23.8 Å². The molecule has 0 fully saturated rings. The fourth-order valence-corrected chi connectivity index (χ4v) is 4.10. The second-order valence-electron chi connectivity index (χ2n) is 5.75. The van der Waals surface area contributed by atoms with Crippen LogP contribution in [-0.4, -0.2) is 15.7 Å². The van der Waals surface area contributed by atoms with Crippen molar-refractivity contribution in [2.75, 3.05) is 5.32 Å². The zero-order chi connectivity index (χ0) is 18.1. The molecular weight excluding hydrogens is 373 g/mol. The predicted octanol–water partition coefficient (Wildman–Crippen LogP) is 5.19. The SMILES string of the molecule is O=C(Nc1cnn(Cc2cccc(F)c2)c1)c1sc2ccccc2c1Cl. The summed E-state index contributed by atoms with van der Waals surface area (Å²) < 4.78 is 15.9. The maximum atomic E-state index is 13.3. The highest BCUT2D eigenvalue weighted by molar-refractivity contribution is 7.21. The van der Waals surface area contributed by atoms with Gasteiger partial charge in [0.2, 0.25) is 0 Å². The normalized spacial score (nSPS) is 11.0. The van der Waals surface area contributed by atoms with Gasteiger partial charge in [0.1, 0.15) is 10.7 Å². The highest BCUT2D eigenvalue weighted by Crippen LogP contribution is 2.35. The molecule has 4 aromatic rings. The summed E-state index contributed by atoms with van der Waals surface area (Å²) in [7, 11) is 0. The number of aromatic nitrogens is 2. The van der Waals surface area contributed by atoms with Gasteiger partial charge < -0.3 is 5.32 Å². The monoisotopic (exact) mass is 385 g/mol. The van der Waals surface area contributed by atoms with E-state index in [1.807, 2.05) is 30.3 Å². The van der Waals surface area contributed by atoms with Crippen LogP contribution < -0.4 is 5.32 Å². The van der Waals surface area contributed by atoms with Crippen LogP contribution in [0.1, 0.15) is 15.2 Å². The topological polar surface area (TPSA) is 46.9 Å². The van der Waals surface area contributed by atoms with Crippen LogP contribution in [0.2, 0.25) is 5.02 Å². The van der Waals surface area contributed by atoms with Gasteiger partial charge in [-0.3, -0.25) is 9.48 Å². The number of nitrogens with one attached hydrogen (secondary N) is 1. The van der Waals surface area contributed by atoms with E-state index in [2.05, 4.69) is 10.4 Å². The molecule has 2 aromatic heterocycles. The molecule has 0 spiro atoms. The van der Waals surface area contributed by atoms with Crippen molar-refractivity contribution in [3.63, 3.8) is 0 Å². The number of rotatable bonds is 4. The second kappa shape index (κ2) is 6.90. The Kier molecular flexibility index (Phi) is 4.44. The first-order valence-electron chi connectivity index (χ1n) is 7.85. The average Bonchev–Trinajstić information content (AvgIpc) is 3.20. The molecule has 0 aliphatic rings. The highest BCUT2D eigenvalue weighted by Gasteiger charge is 2.17. The summed E-state index contributed by atoms with van der Waals surface area (Å²) in [5.74, 6) is -0.566. The quantitative estimate of drug-likeness (QED) is 0.525. The number of carbonyl (C=O) groups is 1. The summed E-state index contributed by atoms with van der Waals surface area (Å²) in [6.45, 7) is 0.414. The highest BCUT2D eigenvalue weighted by atomic mass is 35.5. The summed E-state index contributed by atoms with van der Waals surface area (Å²) in [6.07, 6.45) is 3.25. The maximum absolute atomic E-state index is 13.3. The minimum Gasteiger partial charge on any atom is -0.319 e. The lowest BCUT2D eigenvalue weighted by Crippen LogP contribution is -2.10. The largest absolute Gasteiger partial charge is 0.319 e. The zero-order valence-corrected chi connectivity index (χ0v) is 15.0. The third-order valence-electron chi connectivity index (χ3n) is 3.87. The Balaban J connectivity index is 1.51. The lowest BCUT2D eigenvalue weighted by molar-refractivity contribution is 0.103. The van der Waals surface area contributed by atoms with Crippen LogP contribution in [-0.2, 0) is 6.54 Å². The van der Waals surface area contributed by atoms with Crippen molar-refractivity contribution >= 4 is 44.6 Å². The molecule has 0 atom stereocenters. The van der Waals surface area contributed by atoms with E-state index in [1.165, 1.54) is 23.5 Å². The molecule has 2 heterocycles. The number of fused-ring (bicyclic) bond motifs is 1. The Bertz CT molecular complexity index is 1110. The number of nitrogens with zero attached hydrogens (tertiary/aromatic N) is 2. The number of hydrogen-bond donors (Lipinski definition) is 1. The van der Waals surface area contributed by atoms with E-state index >= 15 is 0 Å². The third-order valence-corrected chi connectivity index (χ3v) is 5.54. The molecule has 4 nitrogen and oxygen atoms in total. The lowest BCUT2D eigenvalue weighted by Gasteiger charge is -2.02. The van der Waals surface area contributed by atoms with E-state index in [-0.39, 0.29) is 11.7 Å². The molecule has 0 aliphatic carbocycles. The van der Waals surface area contributed by atoms with Gasteiger partial charge in [-0.25, -0.2) is 4.39 Å². The fraction of sp³-hybridized carbons (Fsp3) is 0.0526. The molecule has 1 N–H and O–H groups in total. The van der Waals surface area contributed by atoms with Crippen LogP contribution in [0, 0.1) is 5.82 Å². The number of amides is 1. The Hall–Kier alpha value is -2.70. The number of anilines is 1. The number of benzene rings is 2. The van der Waals surface area contributed by atoms with E-state index < -0.39 is 0 Å². The lowest BCUT2D eigenvalue weighted by atomic mass is 10.2. The van der Waals surface area contributed by atoms with Crippen molar-refractivity contribution in [3.8, 4) is 0 Å². The summed E-state index contributed by atoms with van der Waals surface area (Å²) >= 11 is 7.69. The van der Waals surface area contributed by atoms with Gasteiger partial charge in [0.05, 0.1) is 23.5 Å². The molecule has 0 unspecified atom stereocenters. The molecule has 26 heavy (non-hydrogen) atoms. The van der Waals surface area contributed by atoms with Gasteiger partial charge >= 0.3 is 0 Å². The molecule has 0 bridgehead atoms.